The van der Waals surface area contributed by atoms with E-state index in [2.05, 4.69) is 22.6 Å². The highest BCUT2D eigenvalue weighted by Crippen LogP contribution is 2.32. The van der Waals surface area contributed by atoms with Gasteiger partial charge in [-0.2, -0.15) is 0 Å². The summed E-state index contributed by atoms with van der Waals surface area (Å²) in [4.78, 5) is 4.61. The Hall–Kier alpha value is -0.450. The maximum Gasteiger partial charge on any atom is 0.112 e. The summed E-state index contributed by atoms with van der Waals surface area (Å²) in [5.41, 5.74) is 1.13. The highest BCUT2D eigenvalue weighted by molar-refractivity contribution is 7.09. The van der Waals surface area contributed by atoms with Crippen LogP contribution in [-0.4, -0.2) is 23.7 Å². The lowest BCUT2D eigenvalue weighted by Gasteiger charge is -2.22. The zero-order valence-corrected chi connectivity index (χ0v) is 10.4. The van der Waals surface area contributed by atoms with E-state index in [9.17, 15) is 0 Å². The fourth-order valence-electron chi connectivity index (χ4n) is 2.22. The van der Waals surface area contributed by atoms with Gasteiger partial charge in [0.2, 0.25) is 0 Å². The Kier molecular flexibility index (Phi) is 2.96. The first kappa shape index (κ1) is 10.7. The Morgan fingerprint density at radius 3 is 2.94 bits per heavy atom. The van der Waals surface area contributed by atoms with Crippen molar-refractivity contribution in [3.8, 4) is 0 Å². The molecular formula is C12H18N2OS. The van der Waals surface area contributed by atoms with Gasteiger partial charge < -0.3 is 10.1 Å². The van der Waals surface area contributed by atoms with Crippen molar-refractivity contribution in [1.82, 2.24) is 10.3 Å². The Bertz CT molecular complexity index is 356. The van der Waals surface area contributed by atoms with Crippen LogP contribution < -0.4 is 5.32 Å². The molecule has 2 heterocycles. The van der Waals surface area contributed by atoms with Gasteiger partial charge in [0.05, 0.1) is 12.1 Å². The monoisotopic (exact) mass is 238 g/mol. The summed E-state index contributed by atoms with van der Waals surface area (Å²) < 4.78 is 5.81. The van der Waals surface area contributed by atoms with E-state index in [1.165, 1.54) is 30.7 Å². The second-order valence-electron chi connectivity index (χ2n) is 4.80. The number of rotatable bonds is 4. The zero-order valence-electron chi connectivity index (χ0n) is 9.61. The molecule has 16 heavy (non-hydrogen) atoms. The van der Waals surface area contributed by atoms with E-state index < -0.39 is 0 Å². The summed E-state index contributed by atoms with van der Waals surface area (Å²) in [5, 5.41) is 7.02. The largest absolute Gasteiger partial charge is 0.376 e. The van der Waals surface area contributed by atoms with Crippen molar-refractivity contribution < 1.29 is 4.74 Å². The predicted octanol–water partition coefficient (Wildman–Crippen LogP) is 2.42. The van der Waals surface area contributed by atoms with Crippen LogP contribution in [0.3, 0.4) is 0 Å². The molecule has 0 spiro atoms. The molecule has 2 aliphatic rings. The van der Waals surface area contributed by atoms with E-state index in [1.807, 2.05) is 0 Å². The number of aromatic nitrogens is 1. The molecule has 1 saturated heterocycles. The van der Waals surface area contributed by atoms with Crippen LogP contribution in [0.25, 0.3) is 0 Å². The molecule has 0 radical (unpaired) electrons. The molecule has 4 heteroatoms. The summed E-state index contributed by atoms with van der Waals surface area (Å²) in [6.07, 6.45) is 5.33. The molecule has 1 aliphatic heterocycles. The molecule has 0 bridgehead atoms. The van der Waals surface area contributed by atoms with Crippen molar-refractivity contribution in [1.29, 1.82) is 0 Å². The molecule has 0 amide bonds. The van der Waals surface area contributed by atoms with E-state index in [-0.39, 0.29) is 0 Å². The van der Waals surface area contributed by atoms with Crippen LogP contribution in [0.2, 0.25) is 0 Å². The second kappa shape index (κ2) is 4.43. The van der Waals surface area contributed by atoms with Crippen LogP contribution in [0, 0.1) is 6.92 Å². The first-order chi connectivity index (χ1) is 7.83. The molecule has 0 aromatic carbocycles. The van der Waals surface area contributed by atoms with Gasteiger partial charge in [0.25, 0.3) is 0 Å². The van der Waals surface area contributed by atoms with Gasteiger partial charge in [-0.15, -0.1) is 11.3 Å². The van der Waals surface area contributed by atoms with Crippen molar-refractivity contribution in [2.75, 3.05) is 6.61 Å². The molecule has 1 N–H and O–H groups in total. The lowest BCUT2D eigenvalue weighted by Crippen LogP contribution is -2.33. The summed E-state index contributed by atoms with van der Waals surface area (Å²) in [7, 11) is 0. The van der Waals surface area contributed by atoms with Crippen molar-refractivity contribution >= 4 is 11.3 Å². The number of hydrogen-bond acceptors (Lipinski definition) is 4. The van der Waals surface area contributed by atoms with E-state index >= 15 is 0 Å². The van der Waals surface area contributed by atoms with E-state index in [0.29, 0.717) is 18.2 Å². The van der Waals surface area contributed by atoms with Gasteiger partial charge in [-0.25, -0.2) is 4.98 Å². The first-order valence-corrected chi connectivity index (χ1v) is 7.00. The fourth-order valence-corrected chi connectivity index (χ4v) is 3.13. The third-order valence-electron chi connectivity index (χ3n) is 3.23. The van der Waals surface area contributed by atoms with Crippen LogP contribution in [0.4, 0.5) is 0 Å². The number of nitrogens with zero attached hydrogens (tertiary/aromatic N) is 1. The minimum absolute atomic E-state index is 0.327. The normalized spacial score (nSPS) is 27.2. The predicted molar refractivity (Wildman–Crippen MR) is 64.7 cm³/mol. The van der Waals surface area contributed by atoms with Gasteiger partial charge in [0, 0.05) is 23.7 Å². The molecule has 88 valence electrons. The molecule has 3 rings (SSSR count). The molecule has 1 aromatic heterocycles. The Morgan fingerprint density at radius 2 is 2.38 bits per heavy atom. The van der Waals surface area contributed by atoms with Gasteiger partial charge in [-0.1, -0.05) is 0 Å². The molecule has 2 atom stereocenters. The van der Waals surface area contributed by atoms with Crippen molar-refractivity contribution in [2.24, 2.45) is 0 Å². The number of aryl methyl sites for hydroxylation is 1. The number of hydrogen-bond donors (Lipinski definition) is 1. The molecule has 1 aliphatic carbocycles. The first-order valence-electron chi connectivity index (χ1n) is 6.12. The molecule has 1 saturated carbocycles. The van der Waals surface area contributed by atoms with Crippen molar-refractivity contribution in [2.45, 2.75) is 50.8 Å². The average molecular weight is 238 g/mol. The average Bonchev–Trinajstić information content (AvgIpc) is 2.79. The molecule has 3 nitrogen and oxygen atoms in total. The third kappa shape index (κ3) is 2.29. The van der Waals surface area contributed by atoms with Gasteiger partial charge in [-0.3, -0.25) is 0 Å². The van der Waals surface area contributed by atoms with Gasteiger partial charge >= 0.3 is 0 Å². The lowest BCUT2D eigenvalue weighted by molar-refractivity contribution is 0.0774. The minimum atomic E-state index is 0.327. The lowest BCUT2D eigenvalue weighted by atomic mass is 10.1. The molecule has 2 fully saturated rings. The molecule has 2 unspecified atom stereocenters. The maximum atomic E-state index is 5.81. The molecular weight excluding hydrogens is 220 g/mol. The SMILES string of the molecule is Cc1csc(C(NC2CC2)C2CCCO2)n1. The van der Waals surface area contributed by atoms with Crippen molar-refractivity contribution in [3.63, 3.8) is 0 Å². The summed E-state index contributed by atoms with van der Waals surface area (Å²) >= 11 is 1.76. The number of nitrogens with one attached hydrogen (secondary N) is 1. The van der Waals surface area contributed by atoms with Gasteiger partial charge in [-0.05, 0) is 32.6 Å². The minimum Gasteiger partial charge on any atom is -0.376 e. The Morgan fingerprint density at radius 1 is 1.50 bits per heavy atom. The van der Waals surface area contributed by atoms with Crippen LogP contribution >= 0.6 is 11.3 Å². The smallest absolute Gasteiger partial charge is 0.112 e. The van der Waals surface area contributed by atoms with E-state index in [1.54, 1.807) is 11.3 Å². The van der Waals surface area contributed by atoms with E-state index in [4.69, 9.17) is 4.74 Å². The number of thiazole rings is 1. The third-order valence-corrected chi connectivity index (χ3v) is 4.28. The highest BCUT2D eigenvalue weighted by atomic mass is 32.1. The standard InChI is InChI=1S/C12H18N2OS/c1-8-7-16-12(13-8)11(14-9-4-5-9)10-3-2-6-15-10/h7,9-11,14H,2-6H2,1H3. The Balaban J connectivity index is 1.76. The number of ether oxygens (including phenoxy) is 1. The highest BCUT2D eigenvalue weighted by Gasteiger charge is 2.34. The fraction of sp³-hybridized carbons (Fsp3) is 0.750. The van der Waals surface area contributed by atoms with Gasteiger partial charge in [0.15, 0.2) is 0 Å². The summed E-state index contributed by atoms with van der Waals surface area (Å²) in [5.74, 6) is 0. The second-order valence-corrected chi connectivity index (χ2v) is 5.69. The van der Waals surface area contributed by atoms with E-state index in [0.717, 1.165) is 12.3 Å². The Labute approximate surface area is 100 Å². The van der Waals surface area contributed by atoms with Crippen LogP contribution in [-0.2, 0) is 4.74 Å². The summed E-state index contributed by atoms with van der Waals surface area (Å²) in [6, 6.07) is 1.03. The maximum absolute atomic E-state index is 5.81. The van der Waals surface area contributed by atoms with Gasteiger partial charge in [0.1, 0.15) is 5.01 Å². The zero-order chi connectivity index (χ0) is 11.0. The molecule has 1 aromatic rings. The van der Waals surface area contributed by atoms with Crippen LogP contribution in [0.5, 0.6) is 0 Å². The van der Waals surface area contributed by atoms with Crippen LogP contribution in [0.1, 0.15) is 42.4 Å². The summed E-state index contributed by atoms with van der Waals surface area (Å²) in [6.45, 7) is 2.97. The quantitative estimate of drug-likeness (QED) is 0.874. The van der Waals surface area contributed by atoms with Crippen molar-refractivity contribution in [3.05, 3.63) is 16.1 Å². The topological polar surface area (TPSA) is 34.1 Å². The van der Waals surface area contributed by atoms with Crippen LogP contribution in [0.15, 0.2) is 5.38 Å².